The van der Waals surface area contributed by atoms with Crippen LogP contribution >= 0.6 is 11.6 Å². The molecule has 0 bridgehead atoms. The number of anilines is 1. The first-order chi connectivity index (χ1) is 11.8. The normalized spacial score (nSPS) is 11.3. The molecule has 0 aromatic heterocycles. The van der Waals surface area contributed by atoms with E-state index in [0.717, 1.165) is 12.1 Å². The molecule has 0 aliphatic carbocycles. The van der Waals surface area contributed by atoms with Crippen molar-refractivity contribution in [2.75, 3.05) is 5.32 Å². The van der Waals surface area contributed by atoms with Gasteiger partial charge in [-0.2, -0.15) is 5.26 Å². The molecule has 128 valence electrons. The highest BCUT2D eigenvalue weighted by Gasteiger charge is 2.19. The van der Waals surface area contributed by atoms with Crippen molar-refractivity contribution in [3.63, 3.8) is 0 Å². The van der Waals surface area contributed by atoms with E-state index in [1.165, 1.54) is 38.1 Å². The monoisotopic (exact) mass is 360 g/mol. The lowest BCUT2D eigenvalue weighted by Gasteiger charge is -2.16. The molecule has 2 aromatic carbocycles. The number of carbonyl (C=O) groups is 2. The molecule has 25 heavy (non-hydrogen) atoms. The Morgan fingerprint density at radius 2 is 2.00 bits per heavy atom. The highest BCUT2D eigenvalue weighted by atomic mass is 35.5. The lowest BCUT2D eigenvalue weighted by atomic mass is 10.1. The van der Waals surface area contributed by atoms with Gasteiger partial charge in [0.1, 0.15) is 17.6 Å². The molecule has 2 rings (SSSR count). The minimum absolute atomic E-state index is 0.0565. The van der Waals surface area contributed by atoms with Gasteiger partial charge in [0, 0.05) is 5.69 Å². The summed E-state index contributed by atoms with van der Waals surface area (Å²) in [4.78, 5) is 23.8. The van der Waals surface area contributed by atoms with Crippen LogP contribution in [0.4, 0.5) is 10.1 Å². The van der Waals surface area contributed by atoms with Crippen LogP contribution in [-0.4, -0.2) is 17.8 Å². The van der Waals surface area contributed by atoms with Crippen molar-refractivity contribution in [1.29, 1.82) is 5.26 Å². The Morgan fingerprint density at radius 3 is 2.60 bits per heavy atom. The van der Waals surface area contributed by atoms with Crippen LogP contribution in [0, 0.1) is 17.1 Å². The second kappa shape index (κ2) is 7.77. The Hall–Kier alpha value is -2.91. The third-order valence-corrected chi connectivity index (χ3v) is 3.66. The first kappa shape index (κ1) is 18.4. The number of amides is 1. The van der Waals surface area contributed by atoms with Gasteiger partial charge in [-0.3, -0.25) is 9.59 Å². The number of rotatable bonds is 5. The molecule has 0 aliphatic heterocycles. The van der Waals surface area contributed by atoms with Crippen LogP contribution in [0.3, 0.4) is 0 Å². The molecular weight excluding hydrogens is 347 g/mol. The highest BCUT2D eigenvalue weighted by molar-refractivity contribution is 6.32. The molecule has 7 heteroatoms. The topological polar surface area (TPSA) is 79.2 Å². The van der Waals surface area contributed by atoms with Crippen LogP contribution in [0.1, 0.15) is 29.8 Å². The van der Waals surface area contributed by atoms with Crippen LogP contribution in [0.2, 0.25) is 5.02 Å². The second-order valence-corrected chi connectivity index (χ2v) is 5.66. The number of benzene rings is 2. The molecule has 5 nitrogen and oxygen atoms in total. The number of hydrogen-bond acceptors (Lipinski definition) is 4. The minimum atomic E-state index is -0.946. The van der Waals surface area contributed by atoms with E-state index in [0.29, 0.717) is 11.3 Å². The molecule has 0 radical (unpaired) electrons. The third-order valence-electron chi connectivity index (χ3n) is 3.35. The average molecular weight is 361 g/mol. The molecule has 0 aliphatic rings. The van der Waals surface area contributed by atoms with Gasteiger partial charge < -0.3 is 10.1 Å². The Kier molecular flexibility index (Phi) is 5.73. The summed E-state index contributed by atoms with van der Waals surface area (Å²) in [7, 11) is 0. The van der Waals surface area contributed by atoms with Crippen molar-refractivity contribution in [1.82, 2.24) is 0 Å². The first-order valence-electron chi connectivity index (χ1n) is 7.29. The van der Waals surface area contributed by atoms with Crippen LogP contribution in [0.25, 0.3) is 0 Å². The fourth-order valence-corrected chi connectivity index (χ4v) is 2.27. The highest BCUT2D eigenvalue weighted by Crippen LogP contribution is 2.23. The SMILES string of the molecule is CC(=O)c1cc(F)ccc1O[C@@H](C)C(=O)Nc1ccc(C#N)c(Cl)c1. The number of nitriles is 1. The maximum atomic E-state index is 13.3. The van der Waals surface area contributed by atoms with E-state index in [1.807, 2.05) is 6.07 Å². The number of Topliss-reactive ketones (excluding diaryl/α,β-unsaturated/α-hetero) is 1. The molecule has 0 unspecified atom stereocenters. The Morgan fingerprint density at radius 1 is 1.28 bits per heavy atom. The summed E-state index contributed by atoms with van der Waals surface area (Å²) in [6, 6.07) is 9.89. The van der Waals surface area contributed by atoms with Gasteiger partial charge in [0.15, 0.2) is 11.9 Å². The molecule has 2 aromatic rings. The van der Waals surface area contributed by atoms with E-state index >= 15 is 0 Å². The number of nitrogens with zero attached hydrogens (tertiary/aromatic N) is 1. The fourth-order valence-electron chi connectivity index (χ4n) is 2.05. The van der Waals surface area contributed by atoms with Crippen molar-refractivity contribution in [2.24, 2.45) is 0 Å². The summed E-state index contributed by atoms with van der Waals surface area (Å²) in [5, 5.41) is 11.6. The Balaban J connectivity index is 2.12. The van der Waals surface area contributed by atoms with E-state index in [2.05, 4.69) is 5.32 Å². The van der Waals surface area contributed by atoms with Crippen molar-refractivity contribution >= 4 is 29.0 Å². The van der Waals surface area contributed by atoms with Crippen LogP contribution in [-0.2, 0) is 4.79 Å². The number of ketones is 1. The first-order valence-corrected chi connectivity index (χ1v) is 7.67. The van der Waals surface area contributed by atoms with Gasteiger partial charge in [0.25, 0.3) is 5.91 Å². The molecule has 0 saturated heterocycles. The smallest absolute Gasteiger partial charge is 0.265 e. The fraction of sp³-hybridized carbons (Fsp3) is 0.167. The standard InChI is InChI=1S/C18H14ClFN2O3/c1-10(23)15-7-13(20)4-6-17(15)25-11(2)18(24)22-14-5-3-12(9-21)16(19)8-14/h3-8,11H,1-2H3,(H,22,24)/t11-/m0/s1. The van der Waals surface area contributed by atoms with Crippen molar-refractivity contribution in [3.05, 3.63) is 58.4 Å². The lowest BCUT2D eigenvalue weighted by Crippen LogP contribution is -2.30. The van der Waals surface area contributed by atoms with Gasteiger partial charge in [-0.1, -0.05) is 11.6 Å². The number of hydrogen-bond donors (Lipinski definition) is 1. The summed E-state index contributed by atoms with van der Waals surface area (Å²) in [5.41, 5.74) is 0.748. The summed E-state index contributed by atoms with van der Waals surface area (Å²) in [6.45, 7) is 2.78. The van der Waals surface area contributed by atoms with Crippen LogP contribution < -0.4 is 10.1 Å². The van der Waals surface area contributed by atoms with E-state index in [9.17, 15) is 14.0 Å². The van der Waals surface area contributed by atoms with E-state index in [1.54, 1.807) is 0 Å². The molecule has 0 spiro atoms. The lowest BCUT2D eigenvalue weighted by molar-refractivity contribution is -0.122. The molecule has 1 atom stereocenters. The summed E-state index contributed by atoms with van der Waals surface area (Å²) >= 11 is 5.91. The predicted octanol–water partition coefficient (Wildman–Crippen LogP) is 3.96. The van der Waals surface area contributed by atoms with Crippen molar-refractivity contribution in [3.8, 4) is 11.8 Å². The zero-order valence-corrected chi connectivity index (χ0v) is 14.2. The second-order valence-electron chi connectivity index (χ2n) is 5.25. The zero-order chi connectivity index (χ0) is 18.6. The molecular formula is C18H14ClFN2O3. The van der Waals surface area contributed by atoms with E-state index in [4.69, 9.17) is 21.6 Å². The maximum Gasteiger partial charge on any atom is 0.265 e. The van der Waals surface area contributed by atoms with E-state index < -0.39 is 17.8 Å². The number of halogens is 2. The Bertz CT molecular complexity index is 877. The van der Waals surface area contributed by atoms with Gasteiger partial charge >= 0.3 is 0 Å². The molecule has 1 N–H and O–H groups in total. The van der Waals surface area contributed by atoms with Crippen LogP contribution in [0.15, 0.2) is 36.4 Å². The van der Waals surface area contributed by atoms with E-state index in [-0.39, 0.29) is 22.1 Å². The quantitative estimate of drug-likeness (QED) is 0.818. The van der Waals surface area contributed by atoms with Crippen LogP contribution in [0.5, 0.6) is 5.75 Å². The minimum Gasteiger partial charge on any atom is -0.480 e. The molecule has 0 heterocycles. The van der Waals surface area contributed by atoms with Gasteiger partial charge in [-0.05, 0) is 50.2 Å². The van der Waals surface area contributed by atoms with Gasteiger partial charge in [0.05, 0.1) is 16.1 Å². The molecule has 1 amide bonds. The summed E-state index contributed by atoms with van der Waals surface area (Å²) in [6.07, 6.45) is -0.946. The number of nitrogens with one attached hydrogen (secondary N) is 1. The predicted molar refractivity (Wildman–Crippen MR) is 91.3 cm³/mol. The Labute approximate surface area is 149 Å². The number of carbonyl (C=O) groups excluding carboxylic acids is 2. The largest absolute Gasteiger partial charge is 0.480 e. The van der Waals surface area contributed by atoms with Gasteiger partial charge in [-0.15, -0.1) is 0 Å². The maximum absolute atomic E-state index is 13.3. The summed E-state index contributed by atoms with van der Waals surface area (Å²) in [5.74, 6) is -1.31. The van der Waals surface area contributed by atoms with Gasteiger partial charge in [0.2, 0.25) is 0 Å². The zero-order valence-electron chi connectivity index (χ0n) is 13.5. The van der Waals surface area contributed by atoms with Gasteiger partial charge in [-0.25, -0.2) is 4.39 Å². The van der Waals surface area contributed by atoms with Crippen molar-refractivity contribution < 1.29 is 18.7 Å². The van der Waals surface area contributed by atoms with Crippen molar-refractivity contribution in [2.45, 2.75) is 20.0 Å². The summed E-state index contributed by atoms with van der Waals surface area (Å²) < 4.78 is 18.8. The number of ether oxygens (including phenoxy) is 1. The third kappa shape index (κ3) is 4.55. The average Bonchev–Trinajstić information content (AvgIpc) is 2.56. The molecule has 0 saturated carbocycles. The molecule has 0 fully saturated rings.